The SMILES string of the molecule is N=C(c1ccccc1)c1c(N)ncnc1NCN. The van der Waals surface area contributed by atoms with Crippen molar-refractivity contribution >= 4 is 17.3 Å². The summed E-state index contributed by atoms with van der Waals surface area (Å²) in [6, 6.07) is 9.28. The topological polar surface area (TPSA) is 114 Å². The van der Waals surface area contributed by atoms with Crippen molar-refractivity contribution < 1.29 is 0 Å². The summed E-state index contributed by atoms with van der Waals surface area (Å²) in [7, 11) is 0. The van der Waals surface area contributed by atoms with Crippen LogP contribution in [-0.2, 0) is 0 Å². The maximum atomic E-state index is 8.19. The fourth-order valence-electron chi connectivity index (χ4n) is 1.63. The molecule has 0 aliphatic carbocycles. The van der Waals surface area contributed by atoms with E-state index in [0.29, 0.717) is 11.4 Å². The van der Waals surface area contributed by atoms with Crippen LogP contribution in [0.5, 0.6) is 0 Å². The Labute approximate surface area is 105 Å². The van der Waals surface area contributed by atoms with Gasteiger partial charge in [0, 0.05) is 5.56 Å². The van der Waals surface area contributed by atoms with Crippen LogP contribution in [0.4, 0.5) is 11.6 Å². The van der Waals surface area contributed by atoms with Crippen LogP contribution in [0.2, 0.25) is 0 Å². The Balaban J connectivity index is 2.47. The van der Waals surface area contributed by atoms with Crippen molar-refractivity contribution in [2.24, 2.45) is 5.73 Å². The molecule has 6 N–H and O–H groups in total. The summed E-state index contributed by atoms with van der Waals surface area (Å²) >= 11 is 0. The van der Waals surface area contributed by atoms with Gasteiger partial charge in [0.25, 0.3) is 0 Å². The maximum absolute atomic E-state index is 8.19. The maximum Gasteiger partial charge on any atom is 0.142 e. The normalized spacial score (nSPS) is 10.1. The summed E-state index contributed by atoms with van der Waals surface area (Å²) in [5.41, 5.74) is 12.7. The zero-order chi connectivity index (χ0) is 13.0. The molecular formula is C12H14N6. The van der Waals surface area contributed by atoms with E-state index in [2.05, 4.69) is 15.3 Å². The minimum absolute atomic E-state index is 0.214. The summed E-state index contributed by atoms with van der Waals surface area (Å²) in [4.78, 5) is 7.97. The third-order valence-electron chi connectivity index (χ3n) is 2.46. The molecule has 0 fully saturated rings. The lowest BCUT2D eigenvalue weighted by Crippen LogP contribution is -2.17. The van der Waals surface area contributed by atoms with Gasteiger partial charge in [0.15, 0.2) is 0 Å². The average molecular weight is 242 g/mol. The van der Waals surface area contributed by atoms with E-state index in [0.717, 1.165) is 5.56 Å². The first-order chi connectivity index (χ1) is 8.74. The van der Waals surface area contributed by atoms with Gasteiger partial charge in [0.1, 0.15) is 18.0 Å². The first-order valence-corrected chi connectivity index (χ1v) is 5.42. The second-order valence-corrected chi connectivity index (χ2v) is 3.60. The van der Waals surface area contributed by atoms with Gasteiger partial charge in [-0.2, -0.15) is 0 Å². The lowest BCUT2D eigenvalue weighted by Gasteiger charge is -2.12. The molecule has 0 aliphatic rings. The Bertz CT molecular complexity index is 552. The van der Waals surface area contributed by atoms with Crippen molar-refractivity contribution in [3.8, 4) is 0 Å². The molecule has 0 aliphatic heterocycles. The second kappa shape index (κ2) is 5.24. The van der Waals surface area contributed by atoms with Crippen molar-refractivity contribution in [1.29, 1.82) is 5.41 Å². The fraction of sp³-hybridized carbons (Fsp3) is 0.0833. The van der Waals surface area contributed by atoms with Gasteiger partial charge in [-0.3, -0.25) is 5.41 Å². The molecule has 6 nitrogen and oxygen atoms in total. The van der Waals surface area contributed by atoms with E-state index < -0.39 is 0 Å². The summed E-state index contributed by atoms with van der Waals surface area (Å²) in [6.45, 7) is 0.214. The van der Waals surface area contributed by atoms with Crippen LogP contribution in [0.1, 0.15) is 11.1 Å². The zero-order valence-corrected chi connectivity index (χ0v) is 9.72. The molecule has 0 atom stereocenters. The number of nitrogens with two attached hydrogens (primary N) is 2. The quantitative estimate of drug-likeness (QED) is 0.468. The van der Waals surface area contributed by atoms with Gasteiger partial charge in [-0.1, -0.05) is 30.3 Å². The molecule has 0 bridgehead atoms. The minimum atomic E-state index is 0.214. The van der Waals surface area contributed by atoms with Crippen LogP contribution >= 0.6 is 0 Å². The lowest BCUT2D eigenvalue weighted by atomic mass is 10.0. The van der Waals surface area contributed by atoms with Crippen molar-refractivity contribution in [1.82, 2.24) is 9.97 Å². The second-order valence-electron chi connectivity index (χ2n) is 3.60. The molecule has 0 spiro atoms. The molecule has 18 heavy (non-hydrogen) atoms. The standard InChI is InChI=1S/C12H14N6/c13-6-16-12-9(11(15)17-7-18-12)10(14)8-4-2-1-3-5-8/h1-5,7,14H,6,13H2,(H3,15,16,17,18). The number of rotatable bonds is 4. The molecule has 0 saturated heterocycles. The largest absolute Gasteiger partial charge is 0.383 e. The highest BCUT2D eigenvalue weighted by atomic mass is 15.1. The molecule has 2 aromatic rings. The predicted molar refractivity (Wildman–Crippen MR) is 71.5 cm³/mol. The Morgan fingerprint density at radius 3 is 2.61 bits per heavy atom. The Hall–Kier alpha value is -2.47. The fourth-order valence-corrected chi connectivity index (χ4v) is 1.63. The molecule has 1 aromatic heterocycles. The molecule has 0 unspecified atom stereocenters. The number of nitrogen functional groups attached to an aromatic ring is 1. The third-order valence-corrected chi connectivity index (χ3v) is 2.46. The average Bonchev–Trinajstić information content (AvgIpc) is 2.40. The molecule has 92 valence electrons. The van der Waals surface area contributed by atoms with Gasteiger partial charge in [-0.05, 0) is 0 Å². The van der Waals surface area contributed by atoms with Gasteiger partial charge in [-0.15, -0.1) is 0 Å². The number of anilines is 2. The van der Waals surface area contributed by atoms with Crippen molar-refractivity contribution in [2.45, 2.75) is 0 Å². The van der Waals surface area contributed by atoms with E-state index in [4.69, 9.17) is 16.9 Å². The van der Waals surface area contributed by atoms with Gasteiger partial charge in [0.2, 0.25) is 0 Å². The Kier molecular flexibility index (Phi) is 3.49. The van der Waals surface area contributed by atoms with Crippen molar-refractivity contribution in [3.05, 3.63) is 47.8 Å². The molecule has 1 aromatic carbocycles. The summed E-state index contributed by atoms with van der Waals surface area (Å²) in [5.74, 6) is 0.730. The van der Waals surface area contributed by atoms with Crippen LogP contribution in [0.25, 0.3) is 0 Å². The van der Waals surface area contributed by atoms with E-state index >= 15 is 0 Å². The number of nitrogens with zero attached hydrogens (tertiary/aromatic N) is 2. The minimum Gasteiger partial charge on any atom is -0.383 e. The van der Waals surface area contributed by atoms with E-state index in [1.165, 1.54) is 6.33 Å². The number of nitrogens with one attached hydrogen (secondary N) is 2. The molecule has 0 amide bonds. The van der Waals surface area contributed by atoms with Crippen LogP contribution in [0.15, 0.2) is 36.7 Å². The number of benzene rings is 1. The highest BCUT2D eigenvalue weighted by Gasteiger charge is 2.15. The first-order valence-electron chi connectivity index (χ1n) is 5.42. The van der Waals surface area contributed by atoms with Gasteiger partial charge in [-0.25, -0.2) is 9.97 Å². The number of hydrogen-bond donors (Lipinski definition) is 4. The Morgan fingerprint density at radius 2 is 1.94 bits per heavy atom. The van der Waals surface area contributed by atoms with Gasteiger partial charge in [0.05, 0.1) is 17.9 Å². The molecule has 6 heteroatoms. The number of aromatic nitrogens is 2. The summed E-state index contributed by atoms with van der Waals surface area (Å²) in [5, 5.41) is 11.1. The Morgan fingerprint density at radius 1 is 1.22 bits per heavy atom. The highest BCUT2D eigenvalue weighted by Crippen LogP contribution is 2.20. The molecular weight excluding hydrogens is 228 g/mol. The summed E-state index contributed by atoms with van der Waals surface area (Å²) in [6.07, 6.45) is 1.34. The van der Waals surface area contributed by atoms with Crippen LogP contribution < -0.4 is 16.8 Å². The third kappa shape index (κ3) is 2.28. The zero-order valence-electron chi connectivity index (χ0n) is 9.72. The van der Waals surface area contributed by atoms with Crippen LogP contribution in [0, 0.1) is 5.41 Å². The van der Waals surface area contributed by atoms with Gasteiger partial charge >= 0.3 is 0 Å². The predicted octanol–water partition coefficient (Wildman–Crippen LogP) is 0.803. The highest BCUT2D eigenvalue weighted by molar-refractivity contribution is 6.16. The molecule has 2 rings (SSSR count). The van der Waals surface area contributed by atoms with E-state index in [1.54, 1.807) is 0 Å². The molecule has 0 saturated carbocycles. The summed E-state index contributed by atoms with van der Waals surface area (Å²) < 4.78 is 0. The first kappa shape index (κ1) is 12.0. The van der Waals surface area contributed by atoms with E-state index in [9.17, 15) is 0 Å². The lowest BCUT2D eigenvalue weighted by molar-refractivity contribution is 1.08. The van der Waals surface area contributed by atoms with E-state index in [-0.39, 0.29) is 18.2 Å². The van der Waals surface area contributed by atoms with Crippen LogP contribution in [-0.4, -0.2) is 22.3 Å². The van der Waals surface area contributed by atoms with Crippen LogP contribution in [0.3, 0.4) is 0 Å². The van der Waals surface area contributed by atoms with Crippen molar-refractivity contribution in [3.63, 3.8) is 0 Å². The van der Waals surface area contributed by atoms with Crippen molar-refractivity contribution in [2.75, 3.05) is 17.7 Å². The van der Waals surface area contributed by atoms with E-state index in [1.807, 2.05) is 30.3 Å². The van der Waals surface area contributed by atoms with Gasteiger partial charge < -0.3 is 16.8 Å². The molecule has 0 radical (unpaired) electrons. The molecule has 1 heterocycles. The smallest absolute Gasteiger partial charge is 0.142 e. The number of hydrogen-bond acceptors (Lipinski definition) is 6. The monoisotopic (exact) mass is 242 g/mol.